The van der Waals surface area contributed by atoms with Crippen LogP contribution in [0.3, 0.4) is 0 Å². The molecule has 0 aliphatic rings. The fraction of sp³-hybridized carbons (Fsp3) is 0.227. The molecule has 0 unspecified atom stereocenters. The smallest absolute Gasteiger partial charge is 0.130 e. The Labute approximate surface area is 170 Å². The van der Waals surface area contributed by atoms with Gasteiger partial charge in [-0.1, -0.05) is 23.7 Å². The zero-order chi connectivity index (χ0) is 20.1. The van der Waals surface area contributed by atoms with Crippen LogP contribution in [-0.2, 0) is 6.54 Å². The van der Waals surface area contributed by atoms with E-state index in [-0.39, 0.29) is 0 Å². The normalized spacial score (nSPS) is 10.6. The molecule has 6 heteroatoms. The van der Waals surface area contributed by atoms with Crippen molar-refractivity contribution in [1.82, 2.24) is 9.88 Å². The first kappa shape index (κ1) is 19.6. The second-order valence-electron chi connectivity index (χ2n) is 6.83. The summed E-state index contributed by atoms with van der Waals surface area (Å²) >= 11 is 6.09. The van der Waals surface area contributed by atoms with E-state index in [9.17, 15) is 5.26 Å². The number of nitriles is 2. The molecule has 0 spiro atoms. The zero-order valence-corrected chi connectivity index (χ0v) is 16.6. The lowest BCUT2D eigenvalue weighted by Gasteiger charge is -2.26. The summed E-state index contributed by atoms with van der Waals surface area (Å²) in [7, 11) is 4.05. The number of likely N-dealkylation sites (N-methyl/N-ethyl adjacent to an activating group) is 1. The van der Waals surface area contributed by atoms with Gasteiger partial charge in [0.05, 0.1) is 28.8 Å². The number of anilines is 1. The van der Waals surface area contributed by atoms with E-state index in [1.165, 1.54) is 0 Å². The Balaban J connectivity index is 2.00. The second-order valence-corrected chi connectivity index (χ2v) is 7.27. The standard InChI is InChI=1S/C22H20ClN5/c1-27(2)9-10-28(15-17-5-3-16(13-24)4-6-17)22-11-18(14-25)20-12-19(23)7-8-21(20)26-22/h3-8,11-12H,9-10,15H2,1-2H3. The third-order valence-electron chi connectivity index (χ3n) is 4.48. The lowest BCUT2D eigenvalue weighted by Crippen LogP contribution is -2.32. The van der Waals surface area contributed by atoms with E-state index in [1.54, 1.807) is 12.1 Å². The zero-order valence-electron chi connectivity index (χ0n) is 15.9. The van der Waals surface area contributed by atoms with E-state index in [2.05, 4.69) is 21.9 Å². The van der Waals surface area contributed by atoms with E-state index >= 15 is 0 Å². The van der Waals surface area contributed by atoms with Crippen LogP contribution >= 0.6 is 11.6 Å². The second kappa shape index (κ2) is 8.71. The average Bonchev–Trinajstić information content (AvgIpc) is 2.70. The highest BCUT2D eigenvalue weighted by atomic mass is 35.5. The summed E-state index contributed by atoms with van der Waals surface area (Å²) in [6.45, 7) is 2.24. The predicted molar refractivity (Wildman–Crippen MR) is 112 cm³/mol. The monoisotopic (exact) mass is 389 g/mol. The maximum atomic E-state index is 9.62. The molecule has 0 atom stereocenters. The van der Waals surface area contributed by atoms with Gasteiger partial charge in [-0.15, -0.1) is 0 Å². The number of halogens is 1. The molecule has 0 N–H and O–H groups in total. The van der Waals surface area contributed by atoms with Crippen molar-refractivity contribution in [2.24, 2.45) is 0 Å². The largest absolute Gasteiger partial charge is 0.351 e. The summed E-state index contributed by atoms with van der Waals surface area (Å²) in [6.07, 6.45) is 0. The molecule has 0 fully saturated rings. The molecule has 5 nitrogen and oxygen atoms in total. The molecule has 1 heterocycles. The first-order chi connectivity index (χ1) is 13.5. The molecule has 0 saturated heterocycles. The van der Waals surface area contributed by atoms with Crippen molar-refractivity contribution in [2.75, 3.05) is 32.1 Å². The molecule has 3 aromatic rings. The first-order valence-electron chi connectivity index (χ1n) is 8.89. The minimum atomic E-state index is 0.553. The first-order valence-corrected chi connectivity index (χ1v) is 9.27. The van der Waals surface area contributed by atoms with Gasteiger partial charge < -0.3 is 9.80 Å². The Morgan fingerprint density at radius 3 is 2.36 bits per heavy atom. The van der Waals surface area contributed by atoms with Crippen molar-refractivity contribution in [1.29, 1.82) is 10.5 Å². The Hall–Kier alpha value is -3.12. The van der Waals surface area contributed by atoms with Crippen LogP contribution in [0.4, 0.5) is 5.82 Å². The van der Waals surface area contributed by atoms with Crippen LogP contribution in [0.2, 0.25) is 5.02 Å². The van der Waals surface area contributed by atoms with Crippen LogP contribution in [0.5, 0.6) is 0 Å². The van der Waals surface area contributed by atoms with E-state index in [0.717, 1.165) is 35.4 Å². The van der Waals surface area contributed by atoms with Gasteiger partial charge in [-0.3, -0.25) is 0 Å². The van der Waals surface area contributed by atoms with Crippen molar-refractivity contribution in [2.45, 2.75) is 6.54 Å². The van der Waals surface area contributed by atoms with Crippen LogP contribution in [-0.4, -0.2) is 37.1 Å². The molecule has 0 amide bonds. The molecular weight excluding hydrogens is 370 g/mol. The highest BCUT2D eigenvalue weighted by Gasteiger charge is 2.14. The van der Waals surface area contributed by atoms with Crippen molar-refractivity contribution < 1.29 is 0 Å². The number of fused-ring (bicyclic) bond motifs is 1. The average molecular weight is 390 g/mol. The summed E-state index contributed by atoms with van der Waals surface area (Å²) in [5, 5.41) is 20.0. The Kier molecular flexibility index (Phi) is 6.11. The summed E-state index contributed by atoms with van der Waals surface area (Å²) in [6, 6.07) is 19.2. The maximum absolute atomic E-state index is 9.62. The topological polar surface area (TPSA) is 67.0 Å². The number of pyridine rings is 1. The number of nitrogens with zero attached hydrogens (tertiary/aromatic N) is 5. The molecule has 28 heavy (non-hydrogen) atoms. The van der Waals surface area contributed by atoms with E-state index < -0.39 is 0 Å². The van der Waals surface area contributed by atoms with Crippen molar-refractivity contribution in [3.8, 4) is 12.1 Å². The van der Waals surface area contributed by atoms with E-state index in [4.69, 9.17) is 21.8 Å². The molecular formula is C22H20ClN5. The number of benzene rings is 2. The summed E-state index contributed by atoms with van der Waals surface area (Å²) < 4.78 is 0. The lowest BCUT2D eigenvalue weighted by molar-refractivity contribution is 0.412. The lowest BCUT2D eigenvalue weighted by atomic mass is 10.1. The molecule has 0 aliphatic heterocycles. The Morgan fingerprint density at radius 2 is 1.71 bits per heavy atom. The summed E-state index contributed by atoms with van der Waals surface area (Å²) in [4.78, 5) is 9.04. The molecule has 0 saturated carbocycles. The van der Waals surface area contributed by atoms with Gasteiger partial charge in [-0.25, -0.2) is 4.98 Å². The minimum absolute atomic E-state index is 0.553. The number of rotatable bonds is 6. The minimum Gasteiger partial charge on any atom is -0.351 e. The molecule has 3 rings (SSSR count). The van der Waals surface area contributed by atoms with Crippen LogP contribution in [0, 0.1) is 22.7 Å². The van der Waals surface area contributed by atoms with Gasteiger partial charge in [0.15, 0.2) is 0 Å². The predicted octanol–water partition coefficient (Wildman–Crippen LogP) is 4.20. The van der Waals surface area contributed by atoms with Gasteiger partial charge in [-0.05, 0) is 56.1 Å². The quantitative estimate of drug-likeness (QED) is 0.632. The van der Waals surface area contributed by atoms with Gasteiger partial charge in [-0.2, -0.15) is 10.5 Å². The highest BCUT2D eigenvalue weighted by molar-refractivity contribution is 6.31. The molecule has 2 aromatic carbocycles. The van der Waals surface area contributed by atoms with Crippen LogP contribution in [0.1, 0.15) is 16.7 Å². The number of hydrogen-bond acceptors (Lipinski definition) is 5. The fourth-order valence-corrected chi connectivity index (χ4v) is 3.11. The van der Waals surface area contributed by atoms with Gasteiger partial charge >= 0.3 is 0 Å². The SMILES string of the molecule is CN(C)CCN(Cc1ccc(C#N)cc1)c1cc(C#N)c2cc(Cl)ccc2n1. The molecule has 140 valence electrons. The third-order valence-corrected chi connectivity index (χ3v) is 4.71. The van der Waals surface area contributed by atoms with Gasteiger partial charge in [0.25, 0.3) is 0 Å². The van der Waals surface area contributed by atoms with Crippen molar-refractivity contribution >= 4 is 28.3 Å². The van der Waals surface area contributed by atoms with Gasteiger partial charge in [0.1, 0.15) is 5.82 Å². The van der Waals surface area contributed by atoms with Gasteiger partial charge in [0, 0.05) is 30.0 Å². The number of aromatic nitrogens is 1. The summed E-state index contributed by atoms with van der Waals surface area (Å²) in [5.74, 6) is 0.748. The van der Waals surface area contributed by atoms with Crippen molar-refractivity contribution in [3.05, 3.63) is 70.2 Å². The van der Waals surface area contributed by atoms with Crippen LogP contribution in [0.25, 0.3) is 10.9 Å². The number of hydrogen-bond donors (Lipinski definition) is 0. The van der Waals surface area contributed by atoms with Gasteiger partial charge in [0.2, 0.25) is 0 Å². The molecule has 1 aromatic heterocycles. The molecule has 0 radical (unpaired) electrons. The summed E-state index contributed by atoms with van der Waals surface area (Å²) in [5.41, 5.74) is 3.01. The van der Waals surface area contributed by atoms with Crippen molar-refractivity contribution in [3.63, 3.8) is 0 Å². The van der Waals surface area contributed by atoms with E-state index in [0.29, 0.717) is 22.7 Å². The fourth-order valence-electron chi connectivity index (χ4n) is 2.94. The third kappa shape index (κ3) is 4.58. The van der Waals surface area contributed by atoms with Crippen LogP contribution < -0.4 is 4.90 Å². The Morgan fingerprint density at radius 1 is 0.964 bits per heavy atom. The molecule has 0 aliphatic carbocycles. The van der Waals surface area contributed by atoms with Crippen LogP contribution in [0.15, 0.2) is 48.5 Å². The Bertz CT molecular complexity index is 1060. The highest BCUT2D eigenvalue weighted by Crippen LogP contribution is 2.26. The molecule has 0 bridgehead atoms. The van der Waals surface area contributed by atoms with E-state index in [1.807, 2.05) is 50.5 Å². The maximum Gasteiger partial charge on any atom is 0.130 e.